The number of benzene rings is 1. The predicted molar refractivity (Wildman–Crippen MR) is 65.0 cm³/mol. The number of aromatic nitrogens is 2. The van der Waals surface area contributed by atoms with E-state index in [1.54, 1.807) is 23.9 Å². The van der Waals surface area contributed by atoms with Crippen LogP contribution in [0.2, 0.25) is 0 Å². The van der Waals surface area contributed by atoms with E-state index in [2.05, 4.69) is 5.10 Å². The number of nitrogens with zero attached hydrogens (tertiary/aromatic N) is 2. The number of aliphatic hydroxyl groups excluding tert-OH is 1. The van der Waals surface area contributed by atoms with E-state index in [4.69, 9.17) is 4.74 Å². The van der Waals surface area contributed by atoms with E-state index < -0.39 is 11.9 Å². The minimum absolute atomic E-state index is 0.120. The first kappa shape index (κ1) is 12.6. The molecule has 18 heavy (non-hydrogen) atoms. The van der Waals surface area contributed by atoms with Crippen LogP contribution in [0, 0.1) is 5.82 Å². The van der Waals surface area contributed by atoms with Crippen molar-refractivity contribution in [3.05, 3.63) is 42.0 Å². The van der Waals surface area contributed by atoms with Gasteiger partial charge in [0.1, 0.15) is 0 Å². The third kappa shape index (κ3) is 2.68. The van der Waals surface area contributed by atoms with Crippen LogP contribution in [0.25, 0.3) is 0 Å². The maximum Gasteiger partial charge on any atom is 0.166 e. The highest BCUT2D eigenvalue weighted by atomic mass is 19.1. The molecule has 0 aliphatic carbocycles. The Labute approximate surface area is 105 Å². The Bertz CT molecular complexity index is 538. The van der Waals surface area contributed by atoms with E-state index in [1.165, 1.54) is 18.3 Å². The summed E-state index contributed by atoms with van der Waals surface area (Å²) in [5.74, 6) is 0.105. The van der Waals surface area contributed by atoms with Crippen LogP contribution in [0.1, 0.15) is 25.5 Å². The normalized spacial score (nSPS) is 12.4. The Kier molecular flexibility index (Phi) is 3.62. The number of hydrogen-bond donors (Lipinski definition) is 1. The molecule has 0 fully saturated rings. The lowest BCUT2D eigenvalue weighted by atomic mass is 10.1. The molecule has 2 rings (SSSR count). The molecule has 0 saturated carbocycles. The van der Waals surface area contributed by atoms with Gasteiger partial charge < -0.3 is 9.84 Å². The van der Waals surface area contributed by atoms with Gasteiger partial charge in [-0.3, -0.25) is 4.68 Å². The smallest absolute Gasteiger partial charge is 0.166 e. The van der Waals surface area contributed by atoms with Crippen LogP contribution in [-0.4, -0.2) is 14.9 Å². The Hall–Kier alpha value is -1.88. The standard InChI is InChI=1S/C13H15FN2O2/c1-3-16-8-11(7-15-16)18-13-5-4-10(9(2)17)6-12(13)14/h4-9,17H,3H2,1-2H3/t9-/m1/s1. The molecule has 1 atom stereocenters. The van der Waals surface area contributed by atoms with Gasteiger partial charge in [0.25, 0.3) is 0 Å². The highest BCUT2D eigenvalue weighted by Gasteiger charge is 2.09. The van der Waals surface area contributed by atoms with E-state index in [0.717, 1.165) is 6.54 Å². The fourth-order valence-corrected chi connectivity index (χ4v) is 1.56. The van der Waals surface area contributed by atoms with Gasteiger partial charge in [0.05, 0.1) is 18.5 Å². The van der Waals surface area contributed by atoms with Crippen LogP contribution < -0.4 is 4.74 Å². The fourth-order valence-electron chi connectivity index (χ4n) is 1.56. The van der Waals surface area contributed by atoms with E-state index >= 15 is 0 Å². The van der Waals surface area contributed by atoms with E-state index in [1.807, 2.05) is 6.92 Å². The molecular formula is C13H15FN2O2. The van der Waals surface area contributed by atoms with Crippen molar-refractivity contribution in [2.24, 2.45) is 0 Å². The molecule has 0 aliphatic heterocycles. The van der Waals surface area contributed by atoms with Crippen LogP contribution in [0.15, 0.2) is 30.6 Å². The number of ether oxygens (including phenoxy) is 1. The minimum atomic E-state index is -0.698. The number of aryl methyl sites for hydroxylation is 1. The lowest BCUT2D eigenvalue weighted by Crippen LogP contribution is -1.94. The molecule has 96 valence electrons. The molecule has 1 heterocycles. The monoisotopic (exact) mass is 250 g/mol. The number of rotatable bonds is 4. The zero-order chi connectivity index (χ0) is 13.1. The Morgan fingerprint density at radius 1 is 1.50 bits per heavy atom. The second-order valence-corrected chi connectivity index (χ2v) is 4.00. The van der Waals surface area contributed by atoms with Crippen LogP contribution in [-0.2, 0) is 6.54 Å². The zero-order valence-electron chi connectivity index (χ0n) is 10.3. The number of hydrogen-bond acceptors (Lipinski definition) is 3. The van der Waals surface area contributed by atoms with Crippen molar-refractivity contribution >= 4 is 0 Å². The molecule has 1 aromatic carbocycles. The van der Waals surface area contributed by atoms with Crippen LogP contribution in [0.3, 0.4) is 0 Å². The van der Waals surface area contributed by atoms with Crippen molar-refractivity contribution in [2.75, 3.05) is 0 Å². The average Bonchev–Trinajstić information content (AvgIpc) is 2.79. The third-order valence-electron chi connectivity index (χ3n) is 2.60. The van der Waals surface area contributed by atoms with Crippen molar-refractivity contribution in [1.29, 1.82) is 0 Å². The second kappa shape index (κ2) is 5.18. The molecule has 0 unspecified atom stereocenters. The average molecular weight is 250 g/mol. The SMILES string of the molecule is CCn1cc(Oc2ccc([C@@H](C)O)cc2F)cn1. The number of aliphatic hydroxyl groups is 1. The first-order valence-corrected chi connectivity index (χ1v) is 5.78. The lowest BCUT2D eigenvalue weighted by Gasteiger charge is -2.08. The molecule has 1 N–H and O–H groups in total. The van der Waals surface area contributed by atoms with Gasteiger partial charge in [0.15, 0.2) is 17.3 Å². The summed E-state index contributed by atoms with van der Waals surface area (Å²) in [4.78, 5) is 0. The van der Waals surface area contributed by atoms with Crippen molar-refractivity contribution in [3.63, 3.8) is 0 Å². The molecule has 0 spiro atoms. The third-order valence-corrected chi connectivity index (χ3v) is 2.60. The van der Waals surface area contributed by atoms with Crippen molar-refractivity contribution in [3.8, 4) is 11.5 Å². The van der Waals surface area contributed by atoms with Gasteiger partial charge in [-0.2, -0.15) is 5.10 Å². The van der Waals surface area contributed by atoms with Gasteiger partial charge >= 0.3 is 0 Å². The van der Waals surface area contributed by atoms with Gasteiger partial charge in [-0.15, -0.1) is 0 Å². The summed E-state index contributed by atoms with van der Waals surface area (Å²) in [7, 11) is 0. The summed E-state index contributed by atoms with van der Waals surface area (Å²) < 4.78 is 20.8. The van der Waals surface area contributed by atoms with Crippen LogP contribution in [0.4, 0.5) is 4.39 Å². The number of halogens is 1. The fraction of sp³-hybridized carbons (Fsp3) is 0.308. The molecule has 0 saturated heterocycles. The molecule has 0 aliphatic rings. The molecule has 4 nitrogen and oxygen atoms in total. The van der Waals surface area contributed by atoms with Gasteiger partial charge in [0, 0.05) is 6.54 Å². The predicted octanol–water partition coefficient (Wildman–Crippen LogP) is 2.89. The van der Waals surface area contributed by atoms with Gasteiger partial charge in [-0.05, 0) is 31.5 Å². The molecule has 0 radical (unpaired) electrons. The Morgan fingerprint density at radius 3 is 2.83 bits per heavy atom. The summed E-state index contributed by atoms with van der Waals surface area (Å²) in [6, 6.07) is 4.40. The maximum absolute atomic E-state index is 13.7. The Morgan fingerprint density at radius 2 is 2.28 bits per heavy atom. The molecule has 1 aromatic heterocycles. The highest BCUT2D eigenvalue weighted by molar-refractivity contribution is 5.33. The van der Waals surface area contributed by atoms with E-state index in [-0.39, 0.29) is 5.75 Å². The quantitative estimate of drug-likeness (QED) is 0.907. The second-order valence-electron chi connectivity index (χ2n) is 4.00. The Balaban J connectivity index is 2.19. The molecule has 0 bridgehead atoms. The molecule has 2 aromatic rings. The van der Waals surface area contributed by atoms with Crippen LogP contribution in [0.5, 0.6) is 11.5 Å². The topological polar surface area (TPSA) is 47.3 Å². The minimum Gasteiger partial charge on any atom is -0.451 e. The highest BCUT2D eigenvalue weighted by Crippen LogP contribution is 2.26. The van der Waals surface area contributed by atoms with Crippen molar-refractivity contribution < 1.29 is 14.2 Å². The molecule has 0 amide bonds. The summed E-state index contributed by atoms with van der Waals surface area (Å²) in [5.41, 5.74) is 0.518. The zero-order valence-corrected chi connectivity index (χ0v) is 10.3. The van der Waals surface area contributed by atoms with Gasteiger partial charge in [0.2, 0.25) is 0 Å². The van der Waals surface area contributed by atoms with E-state index in [9.17, 15) is 9.50 Å². The summed E-state index contributed by atoms with van der Waals surface area (Å²) in [6.45, 7) is 4.27. The summed E-state index contributed by atoms with van der Waals surface area (Å²) in [5, 5.41) is 13.4. The van der Waals surface area contributed by atoms with Crippen molar-refractivity contribution in [2.45, 2.75) is 26.5 Å². The first-order valence-electron chi connectivity index (χ1n) is 5.78. The van der Waals surface area contributed by atoms with Crippen LogP contribution >= 0.6 is 0 Å². The van der Waals surface area contributed by atoms with Crippen molar-refractivity contribution in [1.82, 2.24) is 9.78 Å². The lowest BCUT2D eigenvalue weighted by molar-refractivity contribution is 0.198. The van der Waals surface area contributed by atoms with Gasteiger partial charge in [-0.1, -0.05) is 6.07 Å². The maximum atomic E-state index is 13.7. The largest absolute Gasteiger partial charge is 0.451 e. The first-order chi connectivity index (χ1) is 8.60. The van der Waals surface area contributed by atoms with E-state index in [0.29, 0.717) is 11.3 Å². The molecular weight excluding hydrogens is 235 g/mol. The van der Waals surface area contributed by atoms with Gasteiger partial charge in [-0.25, -0.2) is 4.39 Å². The molecule has 5 heteroatoms. The summed E-state index contributed by atoms with van der Waals surface area (Å²) >= 11 is 0. The summed E-state index contributed by atoms with van der Waals surface area (Å²) in [6.07, 6.45) is 2.53.